The van der Waals surface area contributed by atoms with E-state index in [0.717, 1.165) is 15.9 Å². The molecular weight excluding hydrogens is 278 g/mol. The number of rotatable bonds is 5. The minimum atomic E-state index is -0.778. The van der Waals surface area contributed by atoms with E-state index in [1.807, 2.05) is 19.1 Å². The van der Waals surface area contributed by atoms with Crippen molar-refractivity contribution in [2.24, 2.45) is 0 Å². The predicted molar refractivity (Wildman–Crippen MR) is 64.1 cm³/mol. The molecule has 1 aromatic rings. The van der Waals surface area contributed by atoms with Gasteiger partial charge in [0.15, 0.2) is 0 Å². The zero-order valence-electron chi connectivity index (χ0n) is 8.31. The van der Waals surface area contributed by atoms with E-state index in [9.17, 15) is 4.79 Å². The molecule has 3 nitrogen and oxygen atoms in total. The van der Waals surface area contributed by atoms with Gasteiger partial charge in [-0.05, 0) is 34.5 Å². The third kappa shape index (κ3) is 3.83. The maximum atomic E-state index is 10.9. The van der Waals surface area contributed by atoms with Crippen LogP contribution < -0.4 is 0 Å². The maximum absolute atomic E-state index is 10.9. The first-order chi connectivity index (χ1) is 7.15. The number of pyridine rings is 1. The Hall–Kier alpha value is -0.550. The van der Waals surface area contributed by atoms with Crippen molar-refractivity contribution in [1.29, 1.82) is 0 Å². The van der Waals surface area contributed by atoms with E-state index < -0.39 is 11.2 Å². The van der Waals surface area contributed by atoms with Crippen LogP contribution >= 0.6 is 27.7 Å². The summed E-state index contributed by atoms with van der Waals surface area (Å²) < 4.78 is 0.845. The van der Waals surface area contributed by atoms with Gasteiger partial charge in [0, 0.05) is 10.7 Å². The summed E-state index contributed by atoms with van der Waals surface area (Å²) in [5.41, 5.74) is 0. The van der Waals surface area contributed by atoms with Crippen LogP contribution in [0.2, 0.25) is 0 Å². The first-order valence-corrected chi connectivity index (χ1v) is 6.32. The zero-order chi connectivity index (χ0) is 11.3. The minimum absolute atomic E-state index is 0.416. The van der Waals surface area contributed by atoms with E-state index in [4.69, 9.17) is 5.11 Å². The highest BCUT2D eigenvalue weighted by molar-refractivity contribution is 9.10. The average Bonchev–Trinajstić information content (AvgIpc) is 2.20. The molecule has 1 atom stereocenters. The van der Waals surface area contributed by atoms with Crippen LogP contribution in [-0.4, -0.2) is 21.3 Å². The molecule has 0 spiro atoms. The van der Waals surface area contributed by atoms with Gasteiger partial charge in [0.1, 0.15) is 10.3 Å². The van der Waals surface area contributed by atoms with Gasteiger partial charge >= 0.3 is 5.97 Å². The predicted octanol–water partition coefficient (Wildman–Crippen LogP) is 3.19. The van der Waals surface area contributed by atoms with Crippen LogP contribution in [0.4, 0.5) is 0 Å². The van der Waals surface area contributed by atoms with Crippen LogP contribution in [0.25, 0.3) is 0 Å². The van der Waals surface area contributed by atoms with E-state index in [-0.39, 0.29) is 0 Å². The molecule has 0 bridgehead atoms. The number of aliphatic carboxylic acids is 1. The lowest BCUT2D eigenvalue weighted by atomic mass is 10.2. The number of aromatic nitrogens is 1. The molecule has 5 heteroatoms. The third-order valence-electron chi connectivity index (χ3n) is 1.80. The van der Waals surface area contributed by atoms with Crippen molar-refractivity contribution in [3.8, 4) is 0 Å². The molecule has 0 saturated heterocycles. The fourth-order valence-electron chi connectivity index (χ4n) is 1.09. The Balaban J connectivity index is 2.74. The van der Waals surface area contributed by atoms with Gasteiger partial charge in [-0.15, -0.1) is 0 Å². The number of halogens is 1. The van der Waals surface area contributed by atoms with E-state index in [0.29, 0.717) is 6.42 Å². The van der Waals surface area contributed by atoms with Crippen LogP contribution in [-0.2, 0) is 4.79 Å². The summed E-state index contributed by atoms with van der Waals surface area (Å²) in [7, 11) is 0. The second kappa shape index (κ2) is 6.12. The van der Waals surface area contributed by atoms with Crippen LogP contribution in [0.15, 0.2) is 27.8 Å². The highest BCUT2D eigenvalue weighted by Gasteiger charge is 2.19. The first-order valence-electron chi connectivity index (χ1n) is 4.65. The Bertz CT molecular complexity index is 346. The van der Waals surface area contributed by atoms with Crippen LogP contribution in [0.3, 0.4) is 0 Å². The van der Waals surface area contributed by atoms with Gasteiger partial charge in [0.25, 0.3) is 0 Å². The largest absolute Gasteiger partial charge is 0.480 e. The van der Waals surface area contributed by atoms with Gasteiger partial charge in [-0.2, -0.15) is 0 Å². The standard InChI is InChI=1S/C10H12BrNO2S/c1-2-4-8(10(13)14)15-9-7(11)5-3-6-12-9/h3,5-6,8H,2,4H2,1H3,(H,13,14). The van der Waals surface area contributed by atoms with Gasteiger partial charge in [-0.25, -0.2) is 4.98 Å². The lowest BCUT2D eigenvalue weighted by Crippen LogP contribution is -2.16. The molecule has 0 fully saturated rings. The topological polar surface area (TPSA) is 50.2 Å². The van der Waals surface area contributed by atoms with Crippen molar-refractivity contribution in [1.82, 2.24) is 4.98 Å². The summed E-state index contributed by atoms with van der Waals surface area (Å²) in [6.07, 6.45) is 3.18. The van der Waals surface area contributed by atoms with Gasteiger partial charge < -0.3 is 5.11 Å². The number of hydrogen-bond acceptors (Lipinski definition) is 3. The first kappa shape index (κ1) is 12.5. The summed E-state index contributed by atoms with van der Waals surface area (Å²) in [6, 6.07) is 3.67. The quantitative estimate of drug-likeness (QED) is 0.846. The summed E-state index contributed by atoms with van der Waals surface area (Å²) >= 11 is 4.64. The molecule has 1 aromatic heterocycles. The smallest absolute Gasteiger partial charge is 0.317 e. The Morgan fingerprint density at radius 1 is 1.73 bits per heavy atom. The maximum Gasteiger partial charge on any atom is 0.317 e. The number of thioether (sulfide) groups is 1. The van der Waals surface area contributed by atoms with Gasteiger partial charge in [0.05, 0.1) is 0 Å². The summed E-state index contributed by atoms with van der Waals surface area (Å²) in [6.45, 7) is 1.98. The zero-order valence-corrected chi connectivity index (χ0v) is 10.7. The van der Waals surface area contributed by atoms with Crippen molar-refractivity contribution in [3.63, 3.8) is 0 Å². The number of carbonyl (C=O) groups is 1. The van der Waals surface area contributed by atoms with E-state index in [2.05, 4.69) is 20.9 Å². The molecule has 1 rings (SSSR count). The van der Waals surface area contributed by atoms with Crippen LogP contribution in [0.5, 0.6) is 0 Å². The molecule has 15 heavy (non-hydrogen) atoms. The Morgan fingerprint density at radius 3 is 3.00 bits per heavy atom. The molecule has 0 aliphatic rings. The third-order valence-corrected chi connectivity index (χ3v) is 3.98. The summed E-state index contributed by atoms with van der Waals surface area (Å²) in [5.74, 6) is -0.778. The molecule has 0 aromatic carbocycles. The molecular formula is C10H12BrNO2S. The monoisotopic (exact) mass is 289 g/mol. The lowest BCUT2D eigenvalue weighted by Gasteiger charge is -2.10. The second-order valence-electron chi connectivity index (χ2n) is 3.02. The second-order valence-corrected chi connectivity index (χ2v) is 5.07. The Morgan fingerprint density at radius 2 is 2.47 bits per heavy atom. The van der Waals surface area contributed by atoms with Crippen molar-refractivity contribution in [2.75, 3.05) is 0 Å². The molecule has 1 heterocycles. The Kier molecular flexibility index (Phi) is 5.11. The van der Waals surface area contributed by atoms with Crippen molar-refractivity contribution in [2.45, 2.75) is 30.0 Å². The molecule has 0 aliphatic heterocycles. The number of nitrogens with zero attached hydrogens (tertiary/aromatic N) is 1. The molecule has 0 aliphatic carbocycles. The van der Waals surface area contributed by atoms with E-state index in [1.54, 1.807) is 6.20 Å². The van der Waals surface area contributed by atoms with Crippen molar-refractivity contribution >= 4 is 33.7 Å². The lowest BCUT2D eigenvalue weighted by molar-refractivity contribution is -0.136. The number of hydrogen-bond donors (Lipinski definition) is 1. The van der Waals surface area contributed by atoms with Crippen molar-refractivity contribution in [3.05, 3.63) is 22.8 Å². The average molecular weight is 290 g/mol. The summed E-state index contributed by atoms with van der Waals surface area (Å²) in [4.78, 5) is 15.1. The molecule has 0 saturated carbocycles. The fraction of sp³-hybridized carbons (Fsp3) is 0.400. The number of carboxylic acid groups (broad SMARTS) is 1. The highest BCUT2D eigenvalue weighted by Crippen LogP contribution is 2.30. The van der Waals surface area contributed by atoms with E-state index in [1.165, 1.54) is 11.8 Å². The number of carboxylic acids is 1. The van der Waals surface area contributed by atoms with Gasteiger partial charge in [-0.3, -0.25) is 4.79 Å². The molecule has 0 radical (unpaired) electrons. The minimum Gasteiger partial charge on any atom is -0.480 e. The highest BCUT2D eigenvalue weighted by atomic mass is 79.9. The Labute approximate surface area is 101 Å². The van der Waals surface area contributed by atoms with Crippen LogP contribution in [0, 0.1) is 0 Å². The molecule has 82 valence electrons. The van der Waals surface area contributed by atoms with E-state index >= 15 is 0 Å². The molecule has 1 N–H and O–H groups in total. The molecule has 1 unspecified atom stereocenters. The normalized spacial score (nSPS) is 12.4. The molecule has 0 amide bonds. The van der Waals surface area contributed by atoms with Crippen molar-refractivity contribution < 1.29 is 9.90 Å². The van der Waals surface area contributed by atoms with Gasteiger partial charge in [0.2, 0.25) is 0 Å². The summed E-state index contributed by atoms with van der Waals surface area (Å²) in [5, 5.41) is 9.31. The SMILES string of the molecule is CCCC(Sc1ncccc1Br)C(=O)O. The van der Waals surface area contributed by atoms with Crippen LogP contribution in [0.1, 0.15) is 19.8 Å². The fourth-order valence-corrected chi connectivity index (χ4v) is 2.65. The van der Waals surface area contributed by atoms with Gasteiger partial charge in [-0.1, -0.05) is 25.1 Å².